The molecule has 0 radical (unpaired) electrons. The molecule has 0 saturated heterocycles. The van der Waals surface area contributed by atoms with Crippen LogP contribution in [0.4, 0.5) is 5.69 Å². The maximum absolute atomic E-state index is 12.9. The fraction of sp³-hybridized carbons (Fsp3) is 0.105. The highest BCUT2D eigenvalue weighted by Gasteiger charge is 2.30. The van der Waals surface area contributed by atoms with E-state index in [0.29, 0.717) is 21.8 Å². The third-order valence-electron chi connectivity index (χ3n) is 4.34. The second kappa shape index (κ2) is 6.18. The quantitative estimate of drug-likeness (QED) is 0.743. The van der Waals surface area contributed by atoms with E-state index in [0.717, 1.165) is 10.8 Å². The molecule has 1 aliphatic rings. The second-order valence-corrected chi connectivity index (χ2v) is 6.33. The summed E-state index contributed by atoms with van der Waals surface area (Å²) < 4.78 is 0. The van der Waals surface area contributed by atoms with E-state index in [2.05, 4.69) is 15.6 Å². The Balaban J connectivity index is 1.69. The van der Waals surface area contributed by atoms with Crippen molar-refractivity contribution in [3.8, 4) is 0 Å². The predicted octanol–water partition coefficient (Wildman–Crippen LogP) is 3.35. The van der Waals surface area contributed by atoms with Gasteiger partial charge in [0.25, 0.3) is 5.91 Å². The number of rotatable bonds is 2. The number of aromatic nitrogens is 1. The van der Waals surface area contributed by atoms with Crippen LogP contribution >= 0.6 is 11.6 Å². The van der Waals surface area contributed by atoms with Crippen LogP contribution < -0.4 is 10.6 Å². The summed E-state index contributed by atoms with van der Waals surface area (Å²) in [5, 5.41) is 8.04. The monoisotopic (exact) mass is 351 g/mol. The lowest BCUT2D eigenvalue weighted by Gasteiger charge is -2.25. The number of nitrogens with zero attached hydrogens (tertiary/aromatic N) is 1. The third kappa shape index (κ3) is 2.83. The van der Waals surface area contributed by atoms with Crippen molar-refractivity contribution in [3.63, 3.8) is 0 Å². The molecule has 0 aliphatic carbocycles. The van der Waals surface area contributed by atoms with Gasteiger partial charge in [0.05, 0.1) is 17.8 Å². The molecule has 2 N–H and O–H groups in total. The van der Waals surface area contributed by atoms with Crippen LogP contribution in [0.2, 0.25) is 5.02 Å². The van der Waals surface area contributed by atoms with Crippen molar-refractivity contribution in [3.05, 3.63) is 71.0 Å². The van der Waals surface area contributed by atoms with Crippen LogP contribution in [0.25, 0.3) is 10.8 Å². The van der Waals surface area contributed by atoms with Gasteiger partial charge in [-0.3, -0.25) is 14.6 Å². The molecule has 25 heavy (non-hydrogen) atoms. The number of hydrogen-bond donors (Lipinski definition) is 2. The molecule has 0 spiro atoms. The molecule has 2 heterocycles. The Morgan fingerprint density at radius 2 is 2.04 bits per heavy atom. The van der Waals surface area contributed by atoms with Gasteiger partial charge in [-0.2, -0.15) is 0 Å². The number of pyridine rings is 1. The molecular formula is C19H14ClN3O2. The van der Waals surface area contributed by atoms with E-state index in [1.807, 2.05) is 24.3 Å². The zero-order valence-electron chi connectivity index (χ0n) is 13.1. The van der Waals surface area contributed by atoms with Crippen molar-refractivity contribution >= 4 is 39.9 Å². The molecule has 1 unspecified atom stereocenters. The van der Waals surface area contributed by atoms with Crippen molar-refractivity contribution in [2.75, 3.05) is 11.9 Å². The fourth-order valence-electron chi connectivity index (χ4n) is 3.10. The first-order valence-electron chi connectivity index (χ1n) is 7.85. The number of fused-ring (bicyclic) bond motifs is 2. The average molecular weight is 352 g/mol. The van der Waals surface area contributed by atoms with Crippen LogP contribution in [0.3, 0.4) is 0 Å². The molecule has 0 saturated carbocycles. The van der Waals surface area contributed by atoms with Crippen molar-refractivity contribution in [1.29, 1.82) is 0 Å². The van der Waals surface area contributed by atoms with Gasteiger partial charge in [0.2, 0.25) is 5.91 Å². The molecule has 0 bridgehead atoms. The highest BCUT2D eigenvalue weighted by atomic mass is 35.5. The minimum Gasteiger partial charge on any atom is -0.351 e. The Hall–Kier alpha value is -2.92. The van der Waals surface area contributed by atoms with Gasteiger partial charge < -0.3 is 10.6 Å². The molecule has 1 atom stereocenters. The topological polar surface area (TPSA) is 71.1 Å². The lowest BCUT2D eigenvalue weighted by molar-refractivity contribution is -0.117. The van der Waals surface area contributed by atoms with Crippen molar-refractivity contribution in [1.82, 2.24) is 10.3 Å². The van der Waals surface area contributed by atoms with Gasteiger partial charge >= 0.3 is 0 Å². The van der Waals surface area contributed by atoms with Crippen LogP contribution in [0.5, 0.6) is 0 Å². The minimum absolute atomic E-state index is 0.192. The van der Waals surface area contributed by atoms with E-state index < -0.39 is 5.92 Å². The molecule has 3 aromatic rings. The maximum Gasteiger partial charge on any atom is 0.251 e. The molecule has 5 nitrogen and oxygen atoms in total. The summed E-state index contributed by atoms with van der Waals surface area (Å²) >= 11 is 6.06. The van der Waals surface area contributed by atoms with Crippen LogP contribution in [0.1, 0.15) is 21.8 Å². The van der Waals surface area contributed by atoms with Crippen molar-refractivity contribution < 1.29 is 9.59 Å². The minimum atomic E-state index is -0.509. The van der Waals surface area contributed by atoms with Gasteiger partial charge in [0, 0.05) is 34.1 Å². The molecular weight excluding hydrogens is 338 g/mol. The van der Waals surface area contributed by atoms with Gasteiger partial charge in [0.1, 0.15) is 0 Å². The normalized spacial score (nSPS) is 16.2. The number of anilines is 1. The summed E-state index contributed by atoms with van der Waals surface area (Å²) in [6, 6.07) is 12.7. The van der Waals surface area contributed by atoms with Crippen LogP contribution in [-0.4, -0.2) is 23.3 Å². The number of amides is 2. The van der Waals surface area contributed by atoms with E-state index in [-0.39, 0.29) is 18.4 Å². The van der Waals surface area contributed by atoms with E-state index in [4.69, 9.17) is 11.6 Å². The average Bonchev–Trinajstić information content (AvgIpc) is 2.62. The summed E-state index contributed by atoms with van der Waals surface area (Å²) in [4.78, 5) is 29.0. The summed E-state index contributed by atoms with van der Waals surface area (Å²) in [6.07, 6.45) is 3.38. The van der Waals surface area contributed by atoms with E-state index >= 15 is 0 Å². The highest BCUT2D eigenvalue weighted by Crippen LogP contribution is 2.29. The Bertz CT molecular complexity index is 998. The first-order valence-corrected chi connectivity index (χ1v) is 8.22. The smallest absolute Gasteiger partial charge is 0.251 e. The zero-order valence-corrected chi connectivity index (χ0v) is 13.9. The molecule has 6 heteroatoms. The van der Waals surface area contributed by atoms with Crippen molar-refractivity contribution in [2.24, 2.45) is 0 Å². The Morgan fingerprint density at radius 1 is 1.20 bits per heavy atom. The lowest BCUT2D eigenvalue weighted by Crippen LogP contribution is -2.40. The molecule has 1 aromatic heterocycles. The Labute approximate surface area is 149 Å². The van der Waals surface area contributed by atoms with Gasteiger partial charge in [-0.05, 0) is 23.8 Å². The molecule has 124 valence electrons. The summed E-state index contributed by atoms with van der Waals surface area (Å²) in [7, 11) is 0. The first kappa shape index (κ1) is 15.6. The lowest BCUT2D eigenvalue weighted by atomic mass is 9.89. The SMILES string of the molecule is O=C1NCC(C(=O)Nc2cncc3ccccc23)c2cc(Cl)ccc21. The number of carbonyl (C=O) groups excluding carboxylic acids is 2. The van der Waals surface area contributed by atoms with E-state index in [1.54, 1.807) is 30.6 Å². The second-order valence-electron chi connectivity index (χ2n) is 5.89. The summed E-state index contributed by atoms with van der Waals surface area (Å²) in [6.45, 7) is 0.232. The molecule has 2 amide bonds. The van der Waals surface area contributed by atoms with Crippen LogP contribution in [0, 0.1) is 0 Å². The number of nitrogens with one attached hydrogen (secondary N) is 2. The van der Waals surface area contributed by atoms with Gasteiger partial charge in [-0.15, -0.1) is 0 Å². The highest BCUT2D eigenvalue weighted by molar-refractivity contribution is 6.30. The summed E-state index contributed by atoms with van der Waals surface area (Å²) in [5.41, 5.74) is 1.76. The number of benzene rings is 2. The van der Waals surface area contributed by atoms with E-state index in [9.17, 15) is 9.59 Å². The fourth-order valence-corrected chi connectivity index (χ4v) is 3.28. The van der Waals surface area contributed by atoms with E-state index in [1.165, 1.54) is 0 Å². The summed E-state index contributed by atoms with van der Waals surface area (Å²) in [5.74, 6) is -0.908. The number of carbonyl (C=O) groups is 2. The van der Waals surface area contributed by atoms with Crippen LogP contribution in [0.15, 0.2) is 54.9 Å². The zero-order chi connectivity index (χ0) is 17.4. The van der Waals surface area contributed by atoms with Crippen molar-refractivity contribution in [2.45, 2.75) is 5.92 Å². The first-order chi connectivity index (χ1) is 12.1. The van der Waals surface area contributed by atoms with Crippen LogP contribution in [-0.2, 0) is 4.79 Å². The standard InChI is InChI=1S/C19H14ClN3O2/c20-12-5-6-14-15(7-12)16(9-22-18(14)24)19(25)23-17-10-21-8-11-3-1-2-4-13(11)17/h1-8,10,16H,9H2,(H,22,24)(H,23,25). The maximum atomic E-state index is 12.9. The molecule has 0 fully saturated rings. The Morgan fingerprint density at radius 3 is 2.92 bits per heavy atom. The number of halogens is 1. The van der Waals surface area contributed by atoms with Gasteiger partial charge in [0.15, 0.2) is 0 Å². The molecule has 2 aromatic carbocycles. The Kier molecular flexibility index (Phi) is 3.86. The molecule has 4 rings (SSSR count). The molecule has 1 aliphatic heterocycles. The number of hydrogen-bond acceptors (Lipinski definition) is 3. The largest absolute Gasteiger partial charge is 0.351 e. The third-order valence-corrected chi connectivity index (χ3v) is 4.58. The van der Waals surface area contributed by atoms with Gasteiger partial charge in [-0.1, -0.05) is 35.9 Å². The van der Waals surface area contributed by atoms with Gasteiger partial charge in [-0.25, -0.2) is 0 Å². The predicted molar refractivity (Wildman–Crippen MR) is 96.9 cm³/mol.